The number of nitrogens with zero attached hydrogens (tertiary/aromatic N) is 3. The summed E-state index contributed by atoms with van der Waals surface area (Å²) in [5, 5.41) is 6.91. The summed E-state index contributed by atoms with van der Waals surface area (Å²) in [6, 6.07) is 1.84. The third-order valence-corrected chi connectivity index (χ3v) is 2.15. The Morgan fingerprint density at radius 1 is 1.47 bits per heavy atom. The first kappa shape index (κ1) is 11.2. The van der Waals surface area contributed by atoms with E-state index < -0.39 is 0 Å². The van der Waals surface area contributed by atoms with E-state index in [1.807, 2.05) is 13.0 Å². The highest BCUT2D eigenvalue weighted by Crippen LogP contribution is 2.26. The first-order valence-electron chi connectivity index (χ1n) is 5.01. The van der Waals surface area contributed by atoms with Gasteiger partial charge in [-0.25, -0.2) is 9.97 Å². The van der Waals surface area contributed by atoms with Gasteiger partial charge in [0.2, 0.25) is 5.75 Å². The smallest absolute Gasteiger partial charge is 0.203 e. The van der Waals surface area contributed by atoms with Gasteiger partial charge in [0, 0.05) is 6.07 Å². The number of nitrogens with one attached hydrogen (secondary N) is 1. The molecule has 2 aromatic rings. The van der Waals surface area contributed by atoms with Crippen molar-refractivity contribution in [1.82, 2.24) is 15.1 Å². The number of hydrogen-bond acceptors (Lipinski definition) is 7. The Morgan fingerprint density at radius 2 is 2.29 bits per heavy atom. The van der Waals surface area contributed by atoms with Crippen LogP contribution in [-0.2, 0) is 6.54 Å². The van der Waals surface area contributed by atoms with Crippen molar-refractivity contribution in [2.45, 2.75) is 13.5 Å². The second kappa shape index (κ2) is 4.69. The van der Waals surface area contributed by atoms with Crippen molar-refractivity contribution in [2.75, 3.05) is 18.2 Å². The maximum atomic E-state index is 5.65. The summed E-state index contributed by atoms with van der Waals surface area (Å²) in [6.45, 7) is 2.31. The first-order chi connectivity index (χ1) is 8.20. The lowest BCUT2D eigenvalue weighted by molar-refractivity contribution is 0.391. The van der Waals surface area contributed by atoms with Crippen molar-refractivity contribution < 1.29 is 9.26 Å². The number of methoxy groups -OCH3 is 1. The molecule has 3 N–H and O–H groups in total. The number of aryl methyl sites for hydroxylation is 1. The van der Waals surface area contributed by atoms with Gasteiger partial charge in [0.25, 0.3) is 0 Å². The lowest BCUT2D eigenvalue weighted by Crippen LogP contribution is -2.06. The number of nitrogens with two attached hydrogens (primary N) is 1. The molecule has 2 aromatic heterocycles. The van der Waals surface area contributed by atoms with Crippen molar-refractivity contribution in [2.24, 2.45) is 0 Å². The zero-order valence-electron chi connectivity index (χ0n) is 9.60. The van der Waals surface area contributed by atoms with Crippen LogP contribution in [0.1, 0.15) is 11.5 Å². The van der Waals surface area contributed by atoms with E-state index in [9.17, 15) is 0 Å². The number of hydrogen-bond donors (Lipinski definition) is 2. The van der Waals surface area contributed by atoms with Gasteiger partial charge in [0.15, 0.2) is 11.6 Å². The van der Waals surface area contributed by atoms with Crippen LogP contribution < -0.4 is 15.8 Å². The van der Waals surface area contributed by atoms with Gasteiger partial charge in [-0.1, -0.05) is 5.16 Å². The van der Waals surface area contributed by atoms with Crippen LogP contribution in [-0.4, -0.2) is 22.2 Å². The molecule has 0 aliphatic rings. The lowest BCUT2D eigenvalue weighted by atomic mass is 10.3. The molecule has 7 heteroatoms. The van der Waals surface area contributed by atoms with Crippen LogP contribution in [0.3, 0.4) is 0 Å². The second-order valence-electron chi connectivity index (χ2n) is 3.42. The van der Waals surface area contributed by atoms with Crippen LogP contribution in [0.15, 0.2) is 16.9 Å². The average molecular weight is 235 g/mol. The molecule has 0 amide bonds. The zero-order chi connectivity index (χ0) is 12.3. The average Bonchev–Trinajstić information content (AvgIpc) is 2.72. The SMILES string of the molecule is COc1c(N)ncnc1NCc1cc(C)on1. The number of rotatable bonds is 4. The quantitative estimate of drug-likeness (QED) is 0.814. The molecule has 0 saturated carbocycles. The molecule has 2 rings (SSSR count). The monoisotopic (exact) mass is 235 g/mol. The van der Waals surface area contributed by atoms with Crippen LogP contribution in [0, 0.1) is 6.92 Å². The third-order valence-electron chi connectivity index (χ3n) is 2.15. The summed E-state index contributed by atoms with van der Waals surface area (Å²) in [4.78, 5) is 7.88. The van der Waals surface area contributed by atoms with Crippen LogP contribution >= 0.6 is 0 Å². The molecule has 2 heterocycles. The van der Waals surface area contributed by atoms with E-state index in [4.69, 9.17) is 15.0 Å². The lowest BCUT2D eigenvalue weighted by Gasteiger charge is -2.09. The van der Waals surface area contributed by atoms with E-state index >= 15 is 0 Å². The van der Waals surface area contributed by atoms with Gasteiger partial charge in [-0.3, -0.25) is 0 Å². The number of nitrogen functional groups attached to an aromatic ring is 1. The Bertz CT molecular complexity index is 511. The largest absolute Gasteiger partial charge is 0.490 e. The molecule has 0 bridgehead atoms. The molecule has 0 saturated heterocycles. The Labute approximate surface area is 98.0 Å². The van der Waals surface area contributed by atoms with E-state index in [1.54, 1.807) is 0 Å². The van der Waals surface area contributed by atoms with Crippen molar-refractivity contribution in [3.05, 3.63) is 23.8 Å². The molecule has 7 nitrogen and oxygen atoms in total. The highest BCUT2D eigenvalue weighted by atomic mass is 16.5. The van der Waals surface area contributed by atoms with Gasteiger partial charge in [0.05, 0.1) is 13.7 Å². The number of anilines is 2. The third kappa shape index (κ3) is 2.44. The van der Waals surface area contributed by atoms with E-state index in [-0.39, 0.29) is 0 Å². The van der Waals surface area contributed by atoms with Crippen molar-refractivity contribution >= 4 is 11.6 Å². The summed E-state index contributed by atoms with van der Waals surface area (Å²) in [6.07, 6.45) is 1.37. The molecular formula is C10H13N5O2. The first-order valence-corrected chi connectivity index (χ1v) is 5.01. The molecule has 0 aliphatic carbocycles. The zero-order valence-corrected chi connectivity index (χ0v) is 9.60. The van der Waals surface area contributed by atoms with E-state index in [1.165, 1.54) is 13.4 Å². The van der Waals surface area contributed by atoms with Gasteiger partial charge in [-0.15, -0.1) is 0 Å². The summed E-state index contributed by atoms with van der Waals surface area (Å²) in [5.41, 5.74) is 6.43. The minimum atomic E-state index is 0.293. The fourth-order valence-electron chi connectivity index (χ4n) is 1.39. The van der Waals surface area contributed by atoms with E-state index in [2.05, 4.69) is 20.4 Å². The minimum Gasteiger partial charge on any atom is -0.490 e. The molecule has 0 unspecified atom stereocenters. The summed E-state index contributed by atoms with van der Waals surface area (Å²) < 4.78 is 10.1. The minimum absolute atomic E-state index is 0.293. The molecule has 90 valence electrons. The Balaban J connectivity index is 2.11. The van der Waals surface area contributed by atoms with Crippen molar-refractivity contribution in [1.29, 1.82) is 0 Å². The van der Waals surface area contributed by atoms with Crippen molar-refractivity contribution in [3.8, 4) is 5.75 Å². The van der Waals surface area contributed by atoms with Crippen LogP contribution in [0.2, 0.25) is 0 Å². The number of ether oxygens (including phenoxy) is 1. The second-order valence-corrected chi connectivity index (χ2v) is 3.42. The van der Waals surface area contributed by atoms with Gasteiger partial charge in [-0.2, -0.15) is 0 Å². The number of aromatic nitrogens is 3. The Kier molecular flexibility index (Phi) is 3.08. The summed E-state index contributed by atoms with van der Waals surface area (Å²) in [7, 11) is 1.51. The van der Waals surface area contributed by atoms with E-state index in [0.29, 0.717) is 23.9 Å². The molecule has 0 atom stereocenters. The summed E-state index contributed by atoms with van der Waals surface area (Å²) >= 11 is 0. The Morgan fingerprint density at radius 3 is 2.94 bits per heavy atom. The molecule has 0 fully saturated rings. The van der Waals surface area contributed by atoms with Gasteiger partial charge in [-0.05, 0) is 6.92 Å². The standard InChI is InChI=1S/C10H13N5O2/c1-6-3-7(15-17-6)4-12-10-8(16-2)9(11)13-5-14-10/h3,5H,4H2,1-2H3,(H3,11,12,13,14). The molecule has 0 aromatic carbocycles. The normalized spacial score (nSPS) is 10.2. The Hall–Kier alpha value is -2.31. The van der Waals surface area contributed by atoms with Crippen LogP contribution in [0.25, 0.3) is 0 Å². The highest BCUT2D eigenvalue weighted by molar-refractivity contribution is 5.61. The molecule has 0 aliphatic heterocycles. The molecular weight excluding hydrogens is 222 g/mol. The van der Waals surface area contributed by atoms with E-state index in [0.717, 1.165) is 11.5 Å². The van der Waals surface area contributed by atoms with Crippen LogP contribution in [0.5, 0.6) is 5.75 Å². The molecule has 17 heavy (non-hydrogen) atoms. The maximum absolute atomic E-state index is 5.65. The molecule has 0 spiro atoms. The predicted octanol–water partition coefficient (Wildman–Crippen LogP) is 0.976. The van der Waals surface area contributed by atoms with Crippen molar-refractivity contribution in [3.63, 3.8) is 0 Å². The molecule has 0 radical (unpaired) electrons. The topological polar surface area (TPSA) is 99.1 Å². The van der Waals surface area contributed by atoms with Gasteiger partial charge < -0.3 is 20.3 Å². The highest BCUT2D eigenvalue weighted by Gasteiger charge is 2.09. The fraction of sp³-hybridized carbons (Fsp3) is 0.300. The summed E-state index contributed by atoms with van der Waals surface area (Å²) in [5.74, 6) is 2.01. The predicted molar refractivity (Wildman–Crippen MR) is 61.6 cm³/mol. The fourth-order valence-corrected chi connectivity index (χ4v) is 1.39. The maximum Gasteiger partial charge on any atom is 0.203 e. The van der Waals surface area contributed by atoms with Gasteiger partial charge >= 0.3 is 0 Å². The van der Waals surface area contributed by atoms with Gasteiger partial charge in [0.1, 0.15) is 17.8 Å². The van der Waals surface area contributed by atoms with Crippen LogP contribution in [0.4, 0.5) is 11.6 Å².